The smallest absolute Gasteiger partial charge is 0.274 e. The van der Waals surface area contributed by atoms with Crippen LogP contribution in [-0.4, -0.2) is 64.0 Å². The second kappa shape index (κ2) is 8.58. The Kier molecular flexibility index (Phi) is 5.33. The van der Waals surface area contributed by atoms with Gasteiger partial charge in [-0.25, -0.2) is 15.0 Å². The number of hydrogen-bond donors (Lipinski definition) is 0. The molecule has 1 saturated heterocycles. The van der Waals surface area contributed by atoms with Crippen molar-refractivity contribution in [2.45, 2.75) is 0 Å². The number of piperazine rings is 1. The van der Waals surface area contributed by atoms with Crippen LogP contribution in [0, 0.1) is 0 Å². The van der Waals surface area contributed by atoms with Crippen molar-refractivity contribution < 1.29 is 9.53 Å². The minimum absolute atomic E-state index is 0.0930. The van der Waals surface area contributed by atoms with Crippen molar-refractivity contribution in [3.05, 3.63) is 72.8 Å². The predicted molar refractivity (Wildman–Crippen MR) is 122 cm³/mol. The average molecular weight is 426 g/mol. The molecule has 160 valence electrons. The third-order valence-electron chi connectivity index (χ3n) is 5.60. The summed E-state index contributed by atoms with van der Waals surface area (Å²) in [7, 11) is 1.65. The minimum Gasteiger partial charge on any atom is -0.497 e. The number of aromatic nitrogens is 4. The number of hydrogen-bond acceptors (Lipinski definition) is 7. The van der Waals surface area contributed by atoms with Crippen LogP contribution in [0.5, 0.6) is 5.75 Å². The van der Waals surface area contributed by atoms with Crippen LogP contribution in [-0.2, 0) is 0 Å². The number of ether oxygens (including phenoxy) is 1. The summed E-state index contributed by atoms with van der Waals surface area (Å²) < 4.78 is 5.22. The molecule has 1 fully saturated rings. The minimum atomic E-state index is -0.0930. The van der Waals surface area contributed by atoms with Crippen LogP contribution in [0.15, 0.2) is 67.1 Å². The quantitative estimate of drug-likeness (QED) is 0.496. The fourth-order valence-electron chi connectivity index (χ4n) is 3.80. The van der Waals surface area contributed by atoms with Gasteiger partial charge in [0.2, 0.25) is 0 Å². The van der Waals surface area contributed by atoms with E-state index in [2.05, 4.69) is 24.8 Å². The number of amides is 1. The highest BCUT2D eigenvalue weighted by molar-refractivity contribution is 5.94. The van der Waals surface area contributed by atoms with E-state index < -0.39 is 0 Å². The van der Waals surface area contributed by atoms with Crippen molar-refractivity contribution in [2.75, 3.05) is 38.2 Å². The fourth-order valence-corrected chi connectivity index (χ4v) is 3.80. The van der Waals surface area contributed by atoms with Crippen molar-refractivity contribution in [2.24, 2.45) is 0 Å². The number of anilines is 1. The Bertz CT molecular complexity index is 1250. The molecule has 32 heavy (non-hydrogen) atoms. The van der Waals surface area contributed by atoms with Crippen LogP contribution in [0.3, 0.4) is 0 Å². The number of carbonyl (C=O) groups excluding carboxylic acids is 1. The number of benzene rings is 2. The highest BCUT2D eigenvalue weighted by atomic mass is 16.5. The first-order valence-corrected chi connectivity index (χ1v) is 10.4. The molecule has 0 atom stereocenters. The van der Waals surface area contributed by atoms with Gasteiger partial charge in [0.25, 0.3) is 5.91 Å². The third kappa shape index (κ3) is 3.94. The molecule has 5 rings (SSSR count). The average Bonchev–Trinajstić information content (AvgIpc) is 2.88. The topological polar surface area (TPSA) is 84.3 Å². The van der Waals surface area contributed by atoms with E-state index in [-0.39, 0.29) is 5.91 Å². The van der Waals surface area contributed by atoms with Gasteiger partial charge in [0.05, 0.1) is 30.0 Å². The molecule has 1 aliphatic rings. The summed E-state index contributed by atoms with van der Waals surface area (Å²) in [6.45, 7) is 2.56. The SMILES string of the molecule is COc1ccc(-c2cc(N3CCN(C(=O)c4cnc5ccccc5n4)CC3)ncn2)cc1. The van der Waals surface area contributed by atoms with Crippen molar-refractivity contribution in [1.29, 1.82) is 0 Å². The molecule has 0 aliphatic carbocycles. The first kappa shape index (κ1) is 19.9. The molecule has 0 bridgehead atoms. The Balaban J connectivity index is 1.27. The van der Waals surface area contributed by atoms with Gasteiger partial charge in [-0.3, -0.25) is 9.78 Å². The second-order valence-electron chi connectivity index (χ2n) is 7.51. The number of rotatable bonds is 4. The molecule has 1 aliphatic heterocycles. The van der Waals surface area contributed by atoms with Gasteiger partial charge in [-0.2, -0.15) is 0 Å². The largest absolute Gasteiger partial charge is 0.497 e. The van der Waals surface area contributed by atoms with Gasteiger partial charge in [0.1, 0.15) is 23.6 Å². The Morgan fingerprint density at radius 1 is 0.906 bits per heavy atom. The summed E-state index contributed by atoms with van der Waals surface area (Å²) >= 11 is 0. The summed E-state index contributed by atoms with van der Waals surface area (Å²) in [6.07, 6.45) is 3.14. The van der Waals surface area contributed by atoms with Crippen LogP contribution in [0.25, 0.3) is 22.3 Å². The maximum absolute atomic E-state index is 12.9. The Hall–Kier alpha value is -4.07. The molecule has 0 N–H and O–H groups in total. The van der Waals surface area contributed by atoms with Crippen LogP contribution >= 0.6 is 0 Å². The third-order valence-corrected chi connectivity index (χ3v) is 5.60. The number of nitrogens with zero attached hydrogens (tertiary/aromatic N) is 6. The van der Waals surface area contributed by atoms with Gasteiger partial charge in [0, 0.05) is 37.8 Å². The lowest BCUT2D eigenvalue weighted by Gasteiger charge is -2.35. The highest BCUT2D eigenvalue weighted by Gasteiger charge is 2.24. The van der Waals surface area contributed by atoms with Gasteiger partial charge in [-0.1, -0.05) is 12.1 Å². The zero-order valence-electron chi connectivity index (χ0n) is 17.7. The summed E-state index contributed by atoms with van der Waals surface area (Å²) in [5.41, 5.74) is 3.73. The van der Waals surface area contributed by atoms with Gasteiger partial charge >= 0.3 is 0 Å². The molecule has 0 spiro atoms. The van der Waals surface area contributed by atoms with E-state index in [1.165, 1.54) is 0 Å². The Labute approximate surface area is 185 Å². The molecule has 8 heteroatoms. The molecule has 0 saturated carbocycles. The van der Waals surface area contributed by atoms with Gasteiger partial charge in [-0.05, 0) is 36.4 Å². The van der Waals surface area contributed by atoms with Crippen LogP contribution in [0.4, 0.5) is 5.82 Å². The van der Waals surface area contributed by atoms with E-state index in [4.69, 9.17) is 4.74 Å². The fraction of sp³-hybridized carbons (Fsp3) is 0.208. The van der Waals surface area contributed by atoms with E-state index in [1.54, 1.807) is 19.6 Å². The van der Waals surface area contributed by atoms with Gasteiger partial charge in [-0.15, -0.1) is 0 Å². The summed E-state index contributed by atoms with van der Waals surface area (Å²) in [5.74, 6) is 1.56. The normalized spacial score (nSPS) is 13.9. The maximum atomic E-state index is 12.9. The molecule has 0 unspecified atom stereocenters. The molecule has 3 heterocycles. The zero-order valence-corrected chi connectivity index (χ0v) is 17.7. The maximum Gasteiger partial charge on any atom is 0.274 e. The van der Waals surface area contributed by atoms with E-state index in [0.29, 0.717) is 31.9 Å². The summed E-state index contributed by atoms with van der Waals surface area (Å²) in [4.78, 5) is 34.6. The number of para-hydroxylation sites is 2. The predicted octanol–water partition coefficient (Wildman–Crippen LogP) is 3.06. The zero-order chi connectivity index (χ0) is 21.9. The monoisotopic (exact) mass is 426 g/mol. The molecule has 2 aromatic heterocycles. The molecule has 2 aromatic carbocycles. The lowest BCUT2D eigenvalue weighted by Crippen LogP contribution is -2.49. The van der Waals surface area contributed by atoms with E-state index in [9.17, 15) is 4.79 Å². The summed E-state index contributed by atoms with van der Waals surface area (Å²) in [6, 6.07) is 17.3. The second-order valence-corrected chi connectivity index (χ2v) is 7.51. The molecular formula is C24H22N6O2. The highest BCUT2D eigenvalue weighted by Crippen LogP contribution is 2.24. The lowest BCUT2D eigenvalue weighted by molar-refractivity contribution is 0.0740. The molecule has 8 nitrogen and oxygen atoms in total. The van der Waals surface area contributed by atoms with E-state index in [0.717, 1.165) is 33.9 Å². The molecule has 0 radical (unpaired) electrons. The van der Waals surface area contributed by atoms with E-state index in [1.807, 2.05) is 59.5 Å². The standard InChI is InChI=1S/C24H22N6O2/c1-32-18-8-6-17(7-9-18)21-14-23(27-16-26-21)29-10-12-30(13-11-29)24(31)22-15-25-19-4-2-3-5-20(19)28-22/h2-9,14-16H,10-13H2,1H3. The van der Waals surface area contributed by atoms with Crippen molar-refractivity contribution >= 4 is 22.8 Å². The van der Waals surface area contributed by atoms with Crippen LogP contribution in [0.1, 0.15) is 10.5 Å². The molecule has 1 amide bonds. The number of methoxy groups -OCH3 is 1. The number of fused-ring (bicyclic) bond motifs is 1. The molecular weight excluding hydrogens is 404 g/mol. The Morgan fingerprint density at radius 2 is 1.66 bits per heavy atom. The Morgan fingerprint density at radius 3 is 2.41 bits per heavy atom. The lowest BCUT2D eigenvalue weighted by atomic mass is 10.1. The van der Waals surface area contributed by atoms with Crippen LogP contribution < -0.4 is 9.64 Å². The van der Waals surface area contributed by atoms with Crippen molar-refractivity contribution in [1.82, 2.24) is 24.8 Å². The summed E-state index contributed by atoms with van der Waals surface area (Å²) in [5, 5.41) is 0. The van der Waals surface area contributed by atoms with E-state index >= 15 is 0 Å². The van der Waals surface area contributed by atoms with Gasteiger partial charge < -0.3 is 14.5 Å². The number of carbonyl (C=O) groups is 1. The van der Waals surface area contributed by atoms with Crippen molar-refractivity contribution in [3.63, 3.8) is 0 Å². The first-order valence-electron chi connectivity index (χ1n) is 10.4. The van der Waals surface area contributed by atoms with Crippen LogP contribution in [0.2, 0.25) is 0 Å². The van der Waals surface area contributed by atoms with Crippen molar-refractivity contribution in [3.8, 4) is 17.0 Å². The molecule has 4 aromatic rings. The first-order chi connectivity index (χ1) is 15.7. The van der Waals surface area contributed by atoms with Gasteiger partial charge in [0.15, 0.2) is 0 Å².